The van der Waals surface area contributed by atoms with Crippen molar-refractivity contribution in [3.8, 4) is 28.2 Å². The van der Waals surface area contributed by atoms with Crippen molar-refractivity contribution in [3.63, 3.8) is 0 Å². The van der Waals surface area contributed by atoms with Crippen molar-refractivity contribution in [2.45, 2.75) is 19.0 Å². The van der Waals surface area contributed by atoms with Gasteiger partial charge in [0.25, 0.3) is 0 Å². The predicted octanol–water partition coefficient (Wildman–Crippen LogP) is 7.55. The van der Waals surface area contributed by atoms with Crippen molar-refractivity contribution in [2.24, 2.45) is 0 Å². The molecule has 0 saturated carbocycles. The molecule has 5 rings (SSSR count). The van der Waals surface area contributed by atoms with Gasteiger partial charge in [0.05, 0.1) is 17.1 Å². The van der Waals surface area contributed by atoms with Gasteiger partial charge in [-0.3, -0.25) is 9.36 Å². The molecule has 1 aromatic heterocycles. The quantitative estimate of drug-likeness (QED) is 0.240. The van der Waals surface area contributed by atoms with Gasteiger partial charge in [-0.25, -0.2) is 4.98 Å². The number of rotatable bonds is 7. The van der Waals surface area contributed by atoms with Crippen LogP contribution >= 0.6 is 11.8 Å². The van der Waals surface area contributed by atoms with Crippen LogP contribution in [0.25, 0.3) is 28.2 Å². The summed E-state index contributed by atoms with van der Waals surface area (Å²) >= 11 is 1.45. The molecule has 1 N–H and O–H groups in total. The van der Waals surface area contributed by atoms with E-state index in [9.17, 15) is 4.79 Å². The summed E-state index contributed by atoms with van der Waals surface area (Å²) in [6.07, 6.45) is 0. The van der Waals surface area contributed by atoms with Crippen molar-refractivity contribution in [3.05, 3.63) is 120 Å². The van der Waals surface area contributed by atoms with Crippen molar-refractivity contribution >= 4 is 23.4 Å². The Balaban J connectivity index is 1.57. The summed E-state index contributed by atoms with van der Waals surface area (Å²) in [5, 5.41) is 3.87. The van der Waals surface area contributed by atoms with Gasteiger partial charge in [0.15, 0.2) is 5.16 Å². The number of nitrogens with one attached hydrogen (secondary N) is 1. The standard InChI is InChI=1S/C31H27N3OS/c1-22-13-12-14-23(2)28(22)32-27(35)21-36-31-33-29(24-15-6-3-7-16-24)30(25-17-8-4-9-18-25)34(31)26-19-10-5-11-20-26/h3-20H,21H2,1-2H3,(H,32,35). The largest absolute Gasteiger partial charge is 0.325 e. The highest BCUT2D eigenvalue weighted by Gasteiger charge is 2.22. The van der Waals surface area contributed by atoms with Crippen LogP contribution in [-0.4, -0.2) is 21.2 Å². The number of nitrogens with zero attached hydrogens (tertiary/aromatic N) is 2. The van der Waals surface area contributed by atoms with Gasteiger partial charge in [-0.2, -0.15) is 0 Å². The highest BCUT2D eigenvalue weighted by atomic mass is 32.2. The normalized spacial score (nSPS) is 10.8. The SMILES string of the molecule is Cc1cccc(C)c1NC(=O)CSc1nc(-c2ccccc2)c(-c2ccccc2)n1-c1ccccc1. The molecule has 0 bridgehead atoms. The highest BCUT2D eigenvalue weighted by molar-refractivity contribution is 7.99. The Labute approximate surface area is 216 Å². The third kappa shape index (κ3) is 4.97. The van der Waals surface area contributed by atoms with Crippen LogP contribution in [0, 0.1) is 13.8 Å². The van der Waals surface area contributed by atoms with Crippen molar-refractivity contribution in [2.75, 3.05) is 11.1 Å². The van der Waals surface area contributed by atoms with Gasteiger partial charge in [0.1, 0.15) is 0 Å². The second kappa shape index (κ2) is 10.7. The third-order valence-electron chi connectivity index (χ3n) is 6.03. The number of imidazole rings is 1. The van der Waals surface area contributed by atoms with Crippen molar-refractivity contribution < 1.29 is 4.79 Å². The molecule has 0 spiro atoms. The molecule has 36 heavy (non-hydrogen) atoms. The van der Waals surface area contributed by atoms with Gasteiger partial charge in [0, 0.05) is 22.5 Å². The van der Waals surface area contributed by atoms with Gasteiger partial charge in [0.2, 0.25) is 5.91 Å². The van der Waals surface area contributed by atoms with Gasteiger partial charge in [-0.1, -0.05) is 109 Å². The zero-order valence-corrected chi connectivity index (χ0v) is 21.1. The Hall–Kier alpha value is -4.09. The van der Waals surface area contributed by atoms with Crippen molar-refractivity contribution in [1.29, 1.82) is 0 Å². The van der Waals surface area contributed by atoms with Crippen LogP contribution in [0.15, 0.2) is 114 Å². The monoisotopic (exact) mass is 489 g/mol. The van der Waals surface area contributed by atoms with Crippen LogP contribution in [0.2, 0.25) is 0 Å². The number of amides is 1. The zero-order valence-electron chi connectivity index (χ0n) is 20.3. The number of carbonyl (C=O) groups is 1. The molecule has 4 nitrogen and oxygen atoms in total. The van der Waals surface area contributed by atoms with Gasteiger partial charge in [-0.05, 0) is 37.1 Å². The van der Waals surface area contributed by atoms with E-state index < -0.39 is 0 Å². The first-order valence-corrected chi connectivity index (χ1v) is 12.9. The van der Waals surface area contributed by atoms with E-state index >= 15 is 0 Å². The molecule has 0 saturated heterocycles. The number of hydrogen-bond donors (Lipinski definition) is 1. The second-order valence-electron chi connectivity index (χ2n) is 8.60. The molecule has 1 heterocycles. The maximum Gasteiger partial charge on any atom is 0.234 e. The lowest BCUT2D eigenvalue weighted by molar-refractivity contribution is -0.113. The first kappa shape index (κ1) is 23.6. The number of hydrogen-bond acceptors (Lipinski definition) is 3. The molecule has 4 aromatic carbocycles. The third-order valence-corrected chi connectivity index (χ3v) is 6.97. The first-order chi connectivity index (χ1) is 17.6. The number of anilines is 1. The summed E-state index contributed by atoms with van der Waals surface area (Å²) < 4.78 is 2.16. The van der Waals surface area contributed by atoms with E-state index in [1.165, 1.54) is 11.8 Å². The molecule has 5 heteroatoms. The van der Waals surface area contributed by atoms with Gasteiger partial charge >= 0.3 is 0 Å². The van der Waals surface area contributed by atoms with E-state index in [0.717, 1.165) is 50.2 Å². The Morgan fingerprint density at radius 3 is 1.92 bits per heavy atom. The topological polar surface area (TPSA) is 46.9 Å². The summed E-state index contributed by atoms with van der Waals surface area (Å²) in [7, 11) is 0. The summed E-state index contributed by atoms with van der Waals surface area (Å²) in [6.45, 7) is 4.02. The molecule has 5 aromatic rings. The van der Waals surface area contributed by atoms with E-state index in [1.54, 1.807) is 0 Å². The zero-order chi connectivity index (χ0) is 24.9. The Bertz CT molecular complexity index is 1460. The smallest absolute Gasteiger partial charge is 0.234 e. The molecule has 0 fully saturated rings. The number of para-hydroxylation sites is 2. The Morgan fingerprint density at radius 1 is 0.750 bits per heavy atom. The first-order valence-electron chi connectivity index (χ1n) is 11.9. The number of thioether (sulfide) groups is 1. The maximum absolute atomic E-state index is 13.0. The number of aromatic nitrogens is 2. The molecule has 0 aliphatic heterocycles. The lowest BCUT2D eigenvalue weighted by Crippen LogP contribution is -2.16. The highest BCUT2D eigenvalue weighted by Crippen LogP contribution is 2.38. The van der Waals surface area contributed by atoms with Gasteiger partial charge < -0.3 is 5.32 Å². The van der Waals surface area contributed by atoms with Crippen LogP contribution < -0.4 is 5.32 Å². The molecule has 0 aliphatic carbocycles. The van der Waals surface area contributed by atoms with Crippen LogP contribution in [0.3, 0.4) is 0 Å². The van der Waals surface area contributed by atoms with Crippen molar-refractivity contribution in [1.82, 2.24) is 9.55 Å². The number of carbonyl (C=O) groups excluding carboxylic acids is 1. The molecule has 178 valence electrons. The fraction of sp³-hybridized carbons (Fsp3) is 0.0968. The second-order valence-corrected chi connectivity index (χ2v) is 9.54. The van der Waals surface area contributed by atoms with Crippen LogP contribution in [0.5, 0.6) is 0 Å². The maximum atomic E-state index is 13.0. The Morgan fingerprint density at radius 2 is 1.31 bits per heavy atom. The molecular formula is C31H27N3OS. The average Bonchev–Trinajstić information content (AvgIpc) is 3.31. The summed E-state index contributed by atoms with van der Waals surface area (Å²) in [4.78, 5) is 18.1. The molecule has 0 atom stereocenters. The lowest BCUT2D eigenvalue weighted by Gasteiger charge is -2.14. The van der Waals surface area contributed by atoms with E-state index in [2.05, 4.69) is 46.3 Å². The lowest BCUT2D eigenvalue weighted by atomic mass is 10.0. The number of aryl methyl sites for hydroxylation is 2. The van der Waals surface area contributed by atoms with Crippen LogP contribution in [-0.2, 0) is 4.79 Å². The summed E-state index contributed by atoms with van der Waals surface area (Å²) in [6, 6.07) is 36.7. The van der Waals surface area contributed by atoms with E-state index in [0.29, 0.717) is 0 Å². The summed E-state index contributed by atoms with van der Waals surface area (Å²) in [5.74, 6) is 0.197. The number of benzene rings is 4. The van der Waals surface area contributed by atoms with Crippen LogP contribution in [0.4, 0.5) is 5.69 Å². The fourth-order valence-electron chi connectivity index (χ4n) is 4.29. The molecule has 0 unspecified atom stereocenters. The van der Waals surface area contributed by atoms with E-state index in [4.69, 9.17) is 4.98 Å². The molecule has 1 amide bonds. The molecule has 0 radical (unpaired) electrons. The minimum Gasteiger partial charge on any atom is -0.325 e. The molecule has 0 aliphatic rings. The van der Waals surface area contributed by atoms with E-state index in [-0.39, 0.29) is 11.7 Å². The minimum absolute atomic E-state index is 0.0532. The minimum atomic E-state index is -0.0532. The van der Waals surface area contributed by atoms with Gasteiger partial charge in [-0.15, -0.1) is 0 Å². The van der Waals surface area contributed by atoms with E-state index in [1.807, 2.05) is 86.6 Å². The van der Waals surface area contributed by atoms with Crippen LogP contribution in [0.1, 0.15) is 11.1 Å². The fourth-order valence-corrected chi connectivity index (χ4v) is 5.10. The summed E-state index contributed by atoms with van der Waals surface area (Å²) in [5.41, 5.74) is 7.99. The average molecular weight is 490 g/mol. The Kier molecular flexibility index (Phi) is 7.01. The predicted molar refractivity (Wildman–Crippen MR) is 150 cm³/mol. The molecular weight excluding hydrogens is 462 g/mol.